The van der Waals surface area contributed by atoms with Crippen molar-refractivity contribution in [3.8, 4) is 0 Å². The molecule has 2 aromatic heterocycles. The lowest BCUT2D eigenvalue weighted by Gasteiger charge is -2.06. The Kier molecular flexibility index (Phi) is 3.83. The number of hydrogen-bond donors (Lipinski definition) is 1. The van der Waals surface area contributed by atoms with Crippen LogP contribution in [0, 0.1) is 5.82 Å². The first-order chi connectivity index (χ1) is 9.84. The minimum Gasteiger partial charge on any atom is -0.382 e. The van der Waals surface area contributed by atoms with E-state index < -0.39 is 0 Å². The van der Waals surface area contributed by atoms with Crippen molar-refractivity contribution in [2.75, 3.05) is 17.6 Å². The van der Waals surface area contributed by atoms with Gasteiger partial charge in [0.05, 0.1) is 5.69 Å². The third kappa shape index (κ3) is 2.75. The molecule has 0 fully saturated rings. The third-order valence-corrected chi connectivity index (χ3v) is 3.75. The number of thioether (sulfide) groups is 1. The van der Waals surface area contributed by atoms with Crippen LogP contribution in [-0.4, -0.2) is 26.9 Å². The molecule has 0 aliphatic heterocycles. The summed E-state index contributed by atoms with van der Waals surface area (Å²) in [6.45, 7) is 0.660. The number of pyridine rings is 1. The number of halogens is 1. The van der Waals surface area contributed by atoms with Gasteiger partial charge < -0.3 is 5.32 Å². The number of rotatable bonds is 5. The molecule has 0 unspecified atom stereocenters. The summed E-state index contributed by atoms with van der Waals surface area (Å²) >= 11 is 1.59. The normalized spacial score (nSPS) is 10.8. The molecule has 0 aliphatic carbocycles. The van der Waals surface area contributed by atoms with Crippen molar-refractivity contribution in [3.63, 3.8) is 0 Å². The van der Waals surface area contributed by atoms with E-state index in [2.05, 4.69) is 15.5 Å². The lowest BCUT2D eigenvalue weighted by Crippen LogP contribution is -2.05. The van der Waals surface area contributed by atoms with E-state index in [1.807, 2.05) is 34.9 Å². The van der Waals surface area contributed by atoms with Crippen LogP contribution >= 0.6 is 11.8 Å². The highest BCUT2D eigenvalue weighted by Crippen LogP contribution is 2.17. The molecule has 102 valence electrons. The van der Waals surface area contributed by atoms with Gasteiger partial charge in [-0.3, -0.25) is 4.40 Å². The predicted molar refractivity (Wildman–Crippen MR) is 78.6 cm³/mol. The van der Waals surface area contributed by atoms with Crippen molar-refractivity contribution in [1.29, 1.82) is 0 Å². The molecule has 2 heterocycles. The van der Waals surface area contributed by atoms with Crippen molar-refractivity contribution in [1.82, 2.24) is 14.6 Å². The number of hydrogen-bond acceptors (Lipinski definition) is 4. The molecule has 6 heteroatoms. The molecule has 3 rings (SSSR count). The van der Waals surface area contributed by atoms with Crippen molar-refractivity contribution < 1.29 is 4.39 Å². The predicted octanol–water partition coefficient (Wildman–Crippen LogP) is 3.07. The second-order valence-corrected chi connectivity index (χ2v) is 5.23. The Morgan fingerprint density at radius 3 is 2.85 bits per heavy atom. The van der Waals surface area contributed by atoms with Gasteiger partial charge in [0.2, 0.25) is 0 Å². The van der Waals surface area contributed by atoms with E-state index in [0.29, 0.717) is 12.2 Å². The van der Waals surface area contributed by atoms with Gasteiger partial charge in [0.25, 0.3) is 0 Å². The number of anilines is 1. The molecule has 0 radical (unpaired) electrons. The van der Waals surface area contributed by atoms with Crippen LogP contribution in [0.2, 0.25) is 0 Å². The molecule has 4 nitrogen and oxygen atoms in total. The van der Waals surface area contributed by atoms with E-state index in [1.165, 1.54) is 6.07 Å². The molecule has 1 N–H and O–H groups in total. The van der Waals surface area contributed by atoms with Crippen LogP contribution in [0.25, 0.3) is 5.65 Å². The summed E-state index contributed by atoms with van der Waals surface area (Å²) in [7, 11) is 0. The summed E-state index contributed by atoms with van der Waals surface area (Å²) in [6, 6.07) is 12.4. The Morgan fingerprint density at radius 2 is 1.95 bits per heavy atom. The van der Waals surface area contributed by atoms with Gasteiger partial charge in [-0.25, -0.2) is 4.39 Å². The molecular formula is C14H13FN4S. The molecule has 0 amide bonds. The fourth-order valence-electron chi connectivity index (χ4n) is 1.85. The zero-order chi connectivity index (χ0) is 13.8. The van der Waals surface area contributed by atoms with E-state index in [4.69, 9.17) is 0 Å². The van der Waals surface area contributed by atoms with Gasteiger partial charge in [-0.1, -0.05) is 30.0 Å². The third-order valence-electron chi connectivity index (χ3n) is 2.80. The average molecular weight is 288 g/mol. The maximum atomic E-state index is 13.4. The lowest BCUT2D eigenvalue weighted by atomic mass is 10.3. The monoisotopic (exact) mass is 288 g/mol. The molecule has 0 spiro atoms. The number of aromatic nitrogens is 3. The summed E-state index contributed by atoms with van der Waals surface area (Å²) in [6.07, 6.45) is 1.93. The molecule has 0 aliphatic rings. The van der Waals surface area contributed by atoms with E-state index in [9.17, 15) is 4.39 Å². The first-order valence-electron chi connectivity index (χ1n) is 6.25. The second-order valence-electron chi connectivity index (χ2n) is 4.17. The van der Waals surface area contributed by atoms with Crippen LogP contribution in [0.1, 0.15) is 0 Å². The van der Waals surface area contributed by atoms with Crippen LogP contribution in [0.15, 0.2) is 53.8 Å². The summed E-state index contributed by atoms with van der Waals surface area (Å²) in [5.41, 5.74) is 1.36. The van der Waals surface area contributed by atoms with Crippen molar-refractivity contribution in [3.05, 3.63) is 54.5 Å². The van der Waals surface area contributed by atoms with Gasteiger partial charge in [0, 0.05) is 18.5 Å². The van der Waals surface area contributed by atoms with E-state index in [1.54, 1.807) is 23.9 Å². The van der Waals surface area contributed by atoms with Crippen molar-refractivity contribution >= 4 is 23.1 Å². The second kappa shape index (κ2) is 5.92. The first kappa shape index (κ1) is 12.9. The molecular weight excluding hydrogens is 275 g/mol. The Hall–Kier alpha value is -2.08. The van der Waals surface area contributed by atoms with Crippen LogP contribution in [0.4, 0.5) is 10.1 Å². The quantitative estimate of drug-likeness (QED) is 0.579. The van der Waals surface area contributed by atoms with Gasteiger partial charge >= 0.3 is 0 Å². The van der Waals surface area contributed by atoms with Crippen LogP contribution < -0.4 is 5.32 Å². The van der Waals surface area contributed by atoms with Crippen LogP contribution in [0.3, 0.4) is 0 Å². The summed E-state index contributed by atoms with van der Waals surface area (Å²) < 4.78 is 15.3. The van der Waals surface area contributed by atoms with Gasteiger partial charge in [-0.05, 0) is 24.3 Å². The summed E-state index contributed by atoms with van der Waals surface area (Å²) in [4.78, 5) is 0. The van der Waals surface area contributed by atoms with Gasteiger partial charge in [-0.15, -0.1) is 10.2 Å². The standard InChI is InChI=1S/C14H13FN4S/c15-11-5-1-2-6-12(11)16-8-10-20-14-18-17-13-7-3-4-9-19(13)14/h1-7,9,16H,8,10H2. The highest BCUT2D eigenvalue weighted by atomic mass is 32.2. The number of fused-ring (bicyclic) bond motifs is 1. The van der Waals surface area contributed by atoms with Crippen LogP contribution in [0.5, 0.6) is 0 Å². The summed E-state index contributed by atoms with van der Waals surface area (Å²) in [5.74, 6) is 0.551. The zero-order valence-corrected chi connectivity index (χ0v) is 11.5. The maximum Gasteiger partial charge on any atom is 0.195 e. The van der Waals surface area contributed by atoms with E-state index in [0.717, 1.165) is 16.6 Å². The van der Waals surface area contributed by atoms with Gasteiger partial charge in [-0.2, -0.15) is 0 Å². The van der Waals surface area contributed by atoms with E-state index in [-0.39, 0.29) is 5.82 Å². The molecule has 0 saturated carbocycles. The molecule has 1 aromatic carbocycles. The smallest absolute Gasteiger partial charge is 0.195 e. The molecule has 20 heavy (non-hydrogen) atoms. The van der Waals surface area contributed by atoms with Crippen LogP contribution in [-0.2, 0) is 0 Å². The van der Waals surface area contributed by atoms with Crippen molar-refractivity contribution in [2.45, 2.75) is 5.16 Å². The first-order valence-corrected chi connectivity index (χ1v) is 7.24. The minimum absolute atomic E-state index is 0.231. The molecule has 0 saturated heterocycles. The largest absolute Gasteiger partial charge is 0.382 e. The number of nitrogens with zero attached hydrogens (tertiary/aromatic N) is 3. The number of nitrogens with one attached hydrogen (secondary N) is 1. The Labute approximate surface area is 120 Å². The highest BCUT2D eigenvalue weighted by Gasteiger charge is 2.05. The van der Waals surface area contributed by atoms with E-state index >= 15 is 0 Å². The summed E-state index contributed by atoms with van der Waals surface area (Å²) in [5, 5.41) is 12.1. The molecule has 0 atom stereocenters. The van der Waals surface area contributed by atoms with Crippen molar-refractivity contribution in [2.24, 2.45) is 0 Å². The average Bonchev–Trinajstić information content (AvgIpc) is 2.89. The van der Waals surface area contributed by atoms with Gasteiger partial charge in [0.1, 0.15) is 5.82 Å². The lowest BCUT2D eigenvalue weighted by molar-refractivity contribution is 0.630. The Bertz CT molecular complexity index is 713. The highest BCUT2D eigenvalue weighted by molar-refractivity contribution is 7.99. The number of benzene rings is 1. The Balaban J connectivity index is 1.57. The zero-order valence-electron chi connectivity index (χ0n) is 10.7. The fraction of sp³-hybridized carbons (Fsp3) is 0.143. The topological polar surface area (TPSA) is 42.2 Å². The molecule has 0 bridgehead atoms. The Morgan fingerprint density at radius 1 is 1.10 bits per heavy atom. The maximum absolute atomic E-state index is 13.4. The number of para-hydroxylation sites is 1. The molecule has 3 aromatic rings. The minimum atomic E-state index is -0.231. The SMILES string of the molecule is Fc1ccccc1NCCSc1nnc2ccccn12. The van der Waals surface area contributed by atoms with Gasteiger partial charge in [0.15, 0.2) is 10.8 Å². The fourth-order valence-corrected chi connectivity index (χ4v) is 2.63.